The molecule has 0 spiro atoms. The van der Waals surface area contributed by atoms with Gasteiger partial charge in [0.1, 0.15) is 6.61 Å². The lowest BCUT2D eigenvalue weighted by Crippen LogP contribution is -2.32. The number of halogens is 3. The second kappa shape index (κ2) is 8.28. The lowest BCUT2D eigenvalue weighted by Gasteiger charge is -2.15. The number of nitrogens with one attached hydrogen (secondary N) is 1. The van der Waals surface area contributed by atoms with E-state index in [9.17, 15) is 23.1 Å². The maximum atomic E-state index is 12.5. The molecule has 10 heteroatoms. The van der Waals surface area contributed by atoms with E-state index in [2.05, 4.69) is 15.5 Å². The molecule has 26 heavy (non-hydrogen) atoms. The highest BCUT2D eigenvalue weighted by Gasteiger charge is 2.30. The minimum atomic E-state index is -4.49. The molecule has 2 unspecified atom stereocenters. The van der Waals surface area contributed by atoms with Gasteiger partial charge < -0.3 is 19.7 Å². The molecule has 1 aromatic carbocycles. The van der Waals surface area contributed by atoms with Crippen molar-refractivity contribution in [3.63, 3.8) is 0 Å². The Labute approximate surface area is 147 Å². The van der Waals surface area contributed by atoms with Crippen LogP contribution >= 0.6 is 0 Å². The first-order chi connectivity index (χ1) is 12.2. The van der Waals surface area contributed by atoms with Crippen LogP contribution in [0.15, 0.2) is 28.8 Å². The normalized spacial score (nSPS) is 14.1. The average Bonchev–Trinajstić information content (AvgIpc) is 3.07. The van der Waals surface area contributed by atoms with Crippen molar-refractivity contribution in [3.05, 3.63) is 47.1 Å². The molecule has 0 aliphatic heterocycles. The number of carbonyl (C=O) groups is 1. The van der Waals surface area contributed by atoms with Crippen LogP contribution in [0.2, 0.25) is 0 Å². The molecule has 0 aliphatic carbocycles. The molecule has 0 saturated heterocycles. The number of benzene rings is 1. The SMILES string of the molecule is CCOCc1nc(C(C)NC(=O)C(O)c2ccc(C(F)(F)F)cc2)no1. The van der Waals surface area contributed by atoms with Crippen molar-refractivity contribution in [2.45, 2.75) is 38.8 Å². The van der Waals surface area contributed by atoms with Gasteiger partial charge in [0.2, 0.25) is 0 Å². The summed E-state index contributed by atoms with van der Waals surface area (Å²) in [7, 11) is 0. The van der Waals surface area contributed by atoms with Gasteiger partial charge in [-0.25, -0.2) is 0 Å². The van der Waals surface area contributed by atoms with Crippen LogP contribution in [0.4, 0.5) is 13.2 Å². The van der Waals surface area contributed by atoms with Crippen molar-refractivity contribution in [1.82, 2.24) is 15.5 Å². The largest absolute Gasteiger partial charge is 0.416 e. The van der Waals surface area contributed by atoms with Gasteiger partial charge in [0, 0.05) is 6.61 Å². The number of amides is 1. The van der Waals surface area contributed by atoms with E-state index in [1.807, 2.05) is 6.92 Å². The Morgan fingerprint density at radius 2 is 2.00 bits per heavy atom. The standard InChI is InChI=1S/C16H18F3N3O4/c1-3-25-8-12-21-14(22-26-12)9(2)20-15(24)13(23)10-4-6-11(7-5-10)16(17,18)19/h4-7,9,13,23H,3,8H2,1-2H3,(H,20,24). The Morgan fingerprint density at radius 1 is 1.35 bits per heavy atom. The summed E-state index contributed by atoms with van der Waals surface area (Å²) in [6, 6.07) is 3.02. The number of aliphatic hydroxyl groups excluding tert-OH is 1. The number of hydrogen-bond donors (Lipinski definition) is 2. The van der Waals surface area contributed by atoms with Crippen molar-refractivity contribution in [3.8, 4) is 0 Å². The summed E-state index contributed by atoms with van der Waals surface area (Å²) in [6.07, 6.45) is -6.12. The topological polar surface area (TPSA) is 97.5 Å². The van der Waals surface area contributed by atoms with Crippen LogP contribution in [0, 0.1) is 0 Å². The van der Waals surface area contributed by atoms with Crippen LogP contribution in [0.3, 0.4) is 0 Å². The molecule has 1 aromatic heterocycles. The van der Waals surface area contributed by atoms with Gasteiger partial charge >= 0.3 is 6.18 Å². The van der Waals surface area contributed by atoms with E-state index >= 15 is 0 Å². The Bertz CT molecular complexity index is 731. The fourth-order valence-electron chi connectivity index (χ4n) is 2.05. The van der Waals surface area contributed by atoms with Crippen molar-refractivity contribution in [2.75, 3.05) is 6.61 Å². The van der Waals surface area contributed by atoms with Crippen LogP contribution < -0.4 is 5.32 Å². The maximum Gasteiger partial charge on any atom is 0.416 e. The summed E-state index contributed by atoms with van der Waals surface area (Å²) in [5.74, 6) is -0.368. The molecular weight excluding hydrogens is 355 g/mol. The summed E-state index contributed by atoms with van der Waals surface area (Å²) in [4.78, 5) is 16.1. The Balaban J connectivity index is 1.98. The summed E-state index contributed by atoms with van der Waals surface area (Å²) in [5.41, 5.74) is -0.830. The smallest absolute Gasteiger partial charge is 0.378 e. The van der Waals surface area contributed by atoms with Crippen LogP contribution in [0.1, 0.15) is 48.8 Å². The second-order valence-corrected chi connectivity index (χ2v) is 5.44. The number of hydrogen-bond acceptors (Lipinski definition) is 6. The fourth-order valence-corrected chi connectivity index (χ4v) is 2.05. The molecular formula is C16H18F3N3O4. The van der Waals surface area contributed by atoms with Crippen molar-refractivity contribution < 1.29 is 32.3 Å². The summed E-state index contributed by atoms with van der Waals surface area (Å²) < 4.78 is 47.7. The van der Waals surface area contributed by atoms with Crippen molar-refractivity contribution in [1.29, 1.82) is 0 Å². The van der Waals surface area contributed by atoms with Crippen LogP contribution in [-0.2, 0) is 22.3 Å². The van der Waals surface area contributed by atoms with Gasteiger partial charge in [-0.05, 0) is 31.5 Å². The van der Waals surface area contributed by atoms with Crippen LogP contribution in [0.25, 0.3) is 0 Å². The molecule has 2 atom stereocenters. The lowest BCUT2D eigenvalue weighted by molar-refractivity contribution is -0.137. The van der Waals surface area contributed by atoms with Gasteiger partial charge in [-0.2, -0.15) is 18.2 Å². The number of ether oxygens (including phenoxy) is 1. The molecule has 1 heterocycles. The zero-order valence-corrected chi connectivity index (χ0v) is 14.1. The average molecular weight is 373 g/mol. The second-order valence-electron chi connectivity index (χ2n) is 5.44. The molecule has 0 fully saturated rings. The fraction of sp³-hybridized carbons (Fsp3) is 0.438. The minimum absolute atomic E-state index is 0.0350. The predicted octanol–water partition coefficient (Wildman–Crippen LogP) is 2.54. The third-order valence-electron chi connectivity index (χ3n) is 3.46. The Hall–Kier alpha value is -2.46. The first-order valence-electron chi connectivity index (χ1n) is 7.78. The molecule has 7 nitrogen and oxygen atoms in total. The number of aromatic nitrogens is 2. The zero-order chi connectivity index (χ0) is 19.3. The maximum absolute atomic E-state index is 12.5. The molecule has 0 saturated carbocycles. The molecule has 0 radical (unpaired) electrons. The third-order valence-corrected chi connectivity index (χ3v) is 3.46. The van der Waals surface area contributed by atoms with Gasteiger partial charge in [-0.1, -0.05) is 17.3 Å². The number of aliphatic hydroxyl groups is 1. The molecule has 1 amide bonds. The van der Waals surface area contributed by atoms with E-state index in [4.69, 9.17) is 9.26 Å². The van der Waals surface area contributed by atoms with Gasteiger partial charge in [0.05, 0.1) is 11.6 Å². The van der Waals surface area contributed by atoms with Gasteiger partial charge in [0.25, 0.3) is 11.8 Å². The van der Waals surface area contributed by atoms with E-state index in [0.29, 0.717) is 6.61 Å². The minimum Gasteiger partial charge on any atom is -0.378 e. The first kappa shape index (κ1) is 19.9. The predicted molar refractivity (Wildman–Crippen MR) is 82.6 cm³/mol. The van der Waals surface area contributed by atoms with E-state index in [-0.39, 0.29) is 23.9 Å². The summed E-state index contributed by atoms with van der Waals surface area (Å²) in [5, 5.41) is 16.2. The van der Waals surface area contributed by atoms with Crippen molar-refractivity contribution >= 4 is 5.91 Å². The highest BCUT2D eigenvalue weighted by molar-refractivity contribution is 5.82. The van der Waals surface area contributed by atoms with E-state index in [1.165, 1.54) is 0 Å². The quantitative estimate of drug-likeness (QED) is 0.774. The van der Waals surface area contributed by atoms with Gasteiger partial charge in [0.15, 0.2) is 11.9 Å². The Morgan fingerprint density at radius 3 is 2.58 bits per heavy atom. The molecule has 0 aliphatic rings. The zero-order valence-electron chi connectivity index (χ0n) is 14.1. The monoisotopic (exact) mass is 373 g/mol. The molecule has 2 N–H and O–H groups in total. The van der Waals surface area contributed by atoms with Gasteiger partial charge in [-0.3, -0.25) is 4.79 Å². The first-order valence-corrected chi connectivity index (χ1v) is 7.78. The molecule has 2 aromatic rings. The van der Waals surface area contributed by atoms with E-state index < -0.39 is 29.8 Å². The van der Waals surface area contributed by atoms with Crippen LogP contribution in [-0.4, -0.2) is 27.8 Å². The highest BCUT2D eigenvalue weighted by atomic mass is 19.4. The molecule has 0 bridgehead atoms. The van der Waals surface area contributed by atoms with E-state index in [1.54, 1.807) is 6.92 Å². The van der Waals surface area contributed by atoms with Crippen LogP contribution in [0.5, 0.6) is 0 Å². The highest BCUT2D eigenvalue weighted by Crippen LogP contribution is 2.30. The lowest BCUT2D eigenvalue weighted by atomic mass is 10.1. The molecule has 2 rings (SSSR count). The summed E-state index contributed by atoms with van der Waals surface area (Å²) >= 11 is 0. The number of rotatable bonds is 7. The number of nitrogens with zero attached hydrogens (tertiary/aromatic N) is 2. The third kappa shape index (κ3) is 5.02. The van der Waals surface area contributed by atoms with Gasteiger partial charge in [-0.15, -0.1) is 0 Å². The molecule has 142 valence electrons. The number of carbonyl (C=O) groups excluding carboxylic acids is 1. The number of alkyl halides is 3. The summed E-state index contributed by atoms with van der Waals surface area (Å²) in [6.45, 7) is 4.00. The van der Waals surface area contributed by atoms with Crippen molar-refractivity contribution in [2.24, 2.45) is 0 Å². The Kier molecular flexibility index (Phi) is 6.32. The van der Waals surface area contributed by atoms with E-state index in [0.717, 1.165) is 24.3 Å².